The minimum absolute atomic E-state index is 0.0772. The number of ether oxygens (including phenoxy) is 2. The van der Waals surface area contributed by atoms with Crippen molar-refractivity contribution in [3.8, 4) is 17.6 Å². The van der Waals surface area contributed by atoms with Crippen molar-refractivity contribution in [2.45, 2.75) is 6.61 Å². The maximum absolute atomic E-state index is 12.6. The molecule has 31 heavy (non-hydrogen) atoms. The van der Waals surface area contributed by atoms with Gasteiger partial charge in [-0.25, -0.2) is 0 Å². The Kier molecular flexibility index (Phi) is 7.71. The second-order valence-electron chi connectivity index (χ2n) is 6.45. The maximum Gasteiger partial charge on any atom is 0.266 e. The molecule has 1 amide bonds. The molecule has 0 aliphatic rings. The summed E-state index contributed by atoms with van der Waals surface area (Å²) < 4.78 is 12.0. The number of methoxy groups -OCH3 is 1. The molecule has 0 aliphatic carbocycles. The van der Waals surface area contributed by atoms with Crippen LogP contribution in [-0.2, 0) is 11.4 Å². The quantitative estimate of drug-likeness (QED) is 0.310. The minimum Gasteiger partial charge on any atom is -0.497 e. The van der Waals surface area contributed by atoms with Crippen LogP contribution >= 0.6 is 27.5 Å². The SMILES string of the molecule is COc1ccc(NC(=O)/C(C#N)=C/c2cc(Cl)ccc2OCc2ccc(Br)cc2)cc1. The third-order valence-electron chi connectivity index (χ3n) is 4.29. The molecule has 0 saturated heterocycles. The summed E-state index contributed by atoms with van der Waals surface area (Å²) in [7, 11) is 1.56. The monoisotopic (exact) mass is 496 g/mol. The number of hydrogen-bond donors (Lipinski definition) is 1. The fraction of sp³-hybridized carbons (Fsp3) is 0.0833. The van der Waals surface area contributed by atoms with Crippen LogP contribution in [0.3, 0.4) is 0 Å². The zero-order valence-corrected chi connectivity index (χ0v) is 18.9. The number of hydrogen-bond acceptors (Lipinski definition) is 4. The Morgan fingerprint density at radius 2 is 1.84 bits per heavy atom. The highest BCUT2D eigenvalue weighted by Crippen LogP contribution is 2.27. The molecule has 1 N–H and O–H groups in total. The fourth-order valence-electron chi connectivity index (χ4n) is 2.68. The Morgan fingerprint density at radius 3 is 2.48 bits per heavy atom. The number of halogens is 2. The lowest BCUT2D eigenvalue weighted by molar-refractivity contribution is -0.112. The van der Waals surface area contributed by atoms with Gasteiger partial charge in [-0.05, 0) is 66.2 Å². The van der Waals surface area contributed by atoms with E-state index in [4.69, 9.17) is 21.1 Å². The molecule has 0 fully saturated rings. The van der Waals surface area contributed by atoms with Gasteiger partial charge in [0, 0.05) is 20.7 Å². The summed E-state index contributed by atoms with van der Waals surface area (Å²) in [5.74, 6) is 0.643. The Balaban J connectivity index is 1.80. The normalized spacial score (nSPS) is 10.8. The Hall–Kier alpha value is -3.27. The van der Waals surface area contributed by atoms with Gasteiger partial charge in [-0.2, -0.15) is 5.26 Å². The van der Waals surface area contributed by atoms with Crippen LogP contribution in [0.1, 0.15) is 11.1 Å². The van der Waals surface area contributed by atoms with Crippen molar-refractivity contribution in [1.29, 1.82) is 5.26 Å². The Morgan fingerprint density at radius 1 is 1.13 bits per heavy atom. The topological polar surface area (TPSA) is 71.3 Å². The average molecular weight is 498 g/mol. The molecular weight excluding hydrogens is 480 g/mol. The zero-order valence-electron chi connectivity index (χ0n) is 16.6. The van der Waals surface area contributed by atoms with Crippen LogP contribution < -0.4 is 14.8 Å². The van der Waals surface area contributed by atoms with Gasteiger partial charge < -0.3 is 14.8 Å². The largest absolute Gasteiger partial charge is 0.497 e. The molecule has 0 heterocycles. The summed E-state index contributed by atoms with van der Waals surface area (Å²) in [5, 5.41) is 12.7. The van der Waals surface area contributed by atoms with Crippen LogP contribution in [0.5, 0.6) is 11.5 Å². The molecule has 0 radical (unpaired) electrons. The molecule has 156 valence electrons. The molecule has 0 saturated carbocycles. The van der Waals surface area contributed by atoms with Gasteiger partial charge in [0.2, 0.25) is 0 Å². The van der Waals surface area contributed by atoms with E-state index in [2.05, 4.69) is 21.2 Å². The second kappa shape index (κ2) is 10.7. The van der Waals surface area contributed by atoms with Crippen molar-refractivity contribution < 1.29 is 14.3 Å². The molecule has 7 heteroatoms. The van der Waals surface area contributed by atoms with Crippen LogP contribution in [0.15, 0.2) is 76.8 Å². The maximum atomic E-state index is 12.6. The molecule has 0 bridgehead atoms. The zero-order chi connectivity index (χ0) is 22.2. The molecule has 0 aromatic heterocycles. The first kappa shape index (κ1) is 22.4. The Labute approximate surface area is 194 Å². The number of amides is 1. The summed E-state index contributed by atoms with van der Waals surface area (Å²) in [6, 6.07) is 21.6. The van der Waals surface area contributed by atoms with E-state index in [1.165, 1.54) is 6.08 Å². The van der Waals surface area contributed by atoms with Gasteiger partial charge in [0.05, 0.1) is 7.11 Å². The van der Waals surface area contributed by atoms with Crippen LogP contribution in [0, 0.1) is 11.3 Å². The highest BCUT2D eigenvalue weighted by atomic mass is 79.9. The first-order chi connectivity index (χ1) is 15.0. The predicted molar refractivity (Wildman–Crippen MR) is 125 cm³/mol. The van der Waals surface area contributed by atoms with E-state index >= 15 is 0 Å². The van der Waals surface area contributed by atoms with Crippen molar-refractivity contribution in [2.75, 3.05) is 12.4 Å². The van der Waals surface area contributed by atoms with E-state index in [9.17, 15) is 10.1 Å². The van der Waals surface area contributed by atoms with Crippen LogP contribution in [0.25, 0.3) is 6.08 Å². The fourth-order valence-corrected chi connectivity index (χ4v) is 3.13. The minimum atomic E-state index is -0.536. The third-order valence-corrected chi connectivity index (χ3v) is 5.06. The van der Waals surface area contributed by atoms with Gasteiger partial charge >= 0.3 is 0 Å². The lowest BCUT2D eigenvalue weighted by Gasteiger charge is -2.11. The van der Waals surface area contributed by atoms with Crippen molar-refractivity contribution in [3.63, 3.8) is 0 Å². The number of rotatable bonds is 7. The van der Waals surface area contributed by atoms with Gasteiger partial charge in [-0.1, -0.05) is 39.7 Å². The lowest BCUT2D eigenvalue weighted by atomic mass is 10.1. The summed E-state index contributed by atoms with van der Waals surface area (Å²) >= 11 is 9.53. The van der Waals surface area contributed by atoms with Crippen LogP contribution in [-0.4, -0.2) is 13.0 Å². The lowest BCUT2D eigenvalue weighted by Crippen LogP contribution is -2.13. The molecule has 0 atom stereocenters. The van der Waals surface area contributed by atoms with Crippen molar-refractivity contribution in [3.05, 3.63) is 92.9 Å². The first-order valence-corrected chi connectivity index (χ1v) is 10.4. The molecule has 0 aliphatic heterocycles. The van der Waals surface area contributed by atoms with E-state index in [0.29, 0.717) is 34.4 Å². The molecule has 0 spiro atoms. The Bertz CT molecular complexity index is 1140. The van der Waals surface area contributed by atoms with Crippen LogP contribution in [0.4, 0.5) is 5.69 Å². The van der Waals surface area contributed by atoms with Crippen molar-refractivity contribution >= 4 is 45.2 Å². The first-order valence-electron chi connectivity index (χ1n) is 9.22. The van der Waals surface area contributed by atoms with E-state index in [1.54, 1.807) is 49.6 Å². The molecule has 0 unspecified atom stereocenters. The van der Waals surface area contributed by atoms with E-state index < -0.39 is 5.91 Å². The van der Waals surface area contributed by atoms with Gasteiger partial charge in [0.1, 0.15) is 29.7 Å². The smallest absolute Gasteiger partial charge is 0.266 e. The molecule has 3 aromatic rings. The van der Waals surface area contributed by atoms with Gasteiger partial charge in [0.15, 0.2) is 0 Å². The summed E-state index contributed by atoms with van der Waals surface area (Å²) in [6.45, 7) is 0.329. The number of benzene rings is 3. The van der Waals surface area contributed by atoms with Gasteiger partial charge in [-0.3, -0.25) is 4.79 Å². The summed E-state index contributed by atoms with van der Waals surface area (Å²) in [5.41, 5.74) is 1.98. The average Bonchev–Trinajstić information content (AvgIpc) is 2.78. The molecule has 5 nitrogen and oxygen atoms in total. The number of nitriles is 1. The van der Waals surface area contributed by atoms with Crippen LogP contribution in [0.2, 0.25) is 5.02 Å². The predicted octanol–water partition coefficient (Wildman–Crippen LogP) is 6.24. The molecule has 3 rings (SSSR count). The number of nitrogens with zero attached hydrogens (tertiary/aromatic N) is 1. The van der Waals surface area contributed by atoms with Gasteiger partial charge in [-0.15, -0.1) is 0 Å². The number of carbonyl (C=O) groups excluding carboxylic acids is 1. The molecular formula is C24H18BrClN2O3. The number of anilines is 1. The number of carbonyl (C=O) groups is 1. The molecule has 3 aromatic carbocycles. The van der Waals surface area contributed by atoms with Crippen molar-refractivity contribution in [2.24, 2.45) is 0 Å². The highest BCUT2D eigenvalue weighted by molar-refractivity contribution is 9.10. The number of nitrogens with one attached hydrogen (secondary N) is 1. The highest BCUT2D eigenvalue weighted by Gasteiger charge is 2.12. The summed E-state index contributed by atoms with van der Waals surface area (Å²) in [6.07, 6.45) is 1.46. The van der Waals surface area contributed by atoms with E-state index in [0.717, 1.165) is 10.0 Å². The standard InChI is InChI=1S/C24H18BrClN2O3/c1-30-22-9-7-21(8-10-22)28-24(29)18(14-27)12-17-13-20(26)6-11-23(17)31-15-16-2-4-19(25)5-3-16/h2-13H,15H2,1H3,(H,28,29)/b18-12+. The summed E-state index contributed by atoms with van der Waals surface area (Å²) in [4.78, 5) is 12.6. The van der Waals surface area contributed by atoms with Crippen molar-refractivity contribution in [1.82, 2.24) is 0 Å². The van der Waals surface area contributed by atoms with E-state index in [1.807, 2.05) is 30.3 Å². The second-order valence-corrected chi connectivity index (χ2v) is 7.80. The van der Waals surface area contributed by atoms with Gasteiger partial charge in [0.25, 0.3) is 5.91 Å². The van der Waals surface area contributed by atoms with E-state index in [-0.39, 0.29) is 5.57 Å². The third kappa shape index (κ3) is 6.35.